The summed E-state index contributed by atoms with van der Waals surface area (Å²) in [5.74, 6) is 0. The molecule has 3 heteroatoms. The summed E-state index contributed by atoms with van der Waals surface area (Å²) in [6.07, 6.45) is 3.32. The molecule has 3 N–H and O–H groups in total. The first-order valence-electron chi connectivity index (χ1n) is 6.43. The summed E-state index contributed by atoms with van der Waals surface area (Å²) in [5, 5.41) is 10.5. The van der Waals surface area contributed by atoms with Crippen molar-refractivity contribution in [1.82, 2.24) is 4.98 Å². The normalized spacial score (nSPS) is 12.4. The van der Waals surface area contributed by atoms with E-state index in [0.717, 1.165) is 22.3 Å². The Morgan fingerprint density at radius 1 is 1.21 bits per heavy atom. The molecule has 0 aliphatic rings. The number of pyridine rings is 1. The lowest BCUT2D eigenvalue weighted by molar-refractivity contribution is 0.177. The molecular weight excluding hydrogens is 236 g/mol. The minimum atomic E-state index is -0.549. The molecule has 1 heterocycles. The van der Waals surface area contributed by atoms with Crippen LogP contribution in [0.15, 0.2) is 30.6 Å². The van der Waals surface area contributed by atoms with Crippen LogP contribution in [0.4, 0.5) is 5.69 Å². The van der Waals surface area contributed by atoms with Crippen molar-refractivity contribution >= 4 is 5.69 Å². The summed E-state index contributed by atoms with van der Waals surface area (Å²) in [5.41, 5.74) is 11.9. The molecule has 0 radical (unpaired) electrons. The number of aliphatic hydroxyl groups excluding tert-OH is 1. The first-order valence-corrected chi connectivity index (χ1v) is 6.43. The van der Waals surface area contributed by atoms with Crippen LogP contribution in [0.3, 0.4) is 0 Å². The van der Waals surface area contributed by atoms with Crippen molar-refractivity contribution < 1.29 is 5.11 Å². The Kier molecular flexibility index (Phi) is 3.86. The largest absolute Gasteiger partial charge is 0.398 e. The number of nitrogen functional groups attached to an aromatic ring is 1. The van der Waals surface area contributed by atoms with Crippen molar-refractivity contribution in [2.45, 2.75) is 33.3 Å². The van der Waals surface area contributed by atoms with Crippen molar-refractivity contribution in [3.8, 4) is 0 Å². The Morgan fingerprint density at radius 2 is 1.84 bits per heavy atom. The van der Waals surface area contributed by atoms with E-state index in [0.29, 0.717) is 12.1 Å². The molecule has 2 rings (SSSR count). The minimum Gasteiger partial charge on any atom is -0.398 e. The van der Waals surface area contributed by atoms with E-state index in [1.165, 1.54) is 5.56 Å². The van der Waals surface area contributed by atoms with Crippen LogP contribution in [0.2, 0.25) is 0 Å². The molecule has 100 valence electrons. The van der Waals surface area contributed by atoms with Gasteiger partial charge in [-0.15, -0.1) is 0 Å². The van der Waals surface area contributed by atoms with E-state index in [9.17, 15) is 5.11 Å². The first kappa shape index (κ1) is 13.6. The highest BCUT2D eigenvalue weighted by Gasteiger charge is 2.15. The second kappa shape index (κ2) is 5.41. The zero-order valence-electron chi connectivity index (χ0n) is 11.6. The molecular formula is C16H20N2O. The Hall–Kier alpha value is -1.87. The smallest absolute Gasteiger partial charge is 0.0836 e. The zero-order chi connectivity index (χ0) is 14.0. The van der Waals surface area contributed by atoms with Crippen molar-refractivity contribution in [3.05, 3.63) is 58.4 Å². The van der Waals surface area contributed by atoms with Crippen LogP contribution in [0.1, 0.15) is 33.9 Å². The van der Waals surface area contributed by atoms with E-state index in [1.807, 2.05) is 13.8 Å². The highest BCUT2D eigenvalue weighted by atomic mass is 16.3. The molecule has 1 aromatic carbocycles. The first-order chi connectivity index (χ1) is 8.99. The molecule has 0 fully saturated rings. The molecule has 3 nitrogen and oxygen atoms in total. The van der Waals surface area contributed by atoms with E-state index in [1.54, 1.807) is 18.5 Å². The number of aryl methyl sites for hydroxylation is 3. The van der Waals surface area contributed by atoms with Crippen LogP contribution >= 0.6 is 0 Å². The number of rotatable bonds is 3. The Balaban J connectivity index is 2.31. The summed E-state index contributed by atoms with van der Waals surface area (Å²) < 4.78 is 0. The maximum Gasteiger partial charge on any atom is 0.0836 e. The number of nitrogens with zero attached hydrogens (tertiary/aromatic N) is 1. The zero-order valence-corrected chi connectivity index (χ0v) is 11.6. The number of hydrogen-bond acceptors (Lipinski definition) is 3. The molecule has 0 amide bonds. The van der Waals surface area contributed by atoms with Crippen LogP contribution in [-0.2, 0) is 6.42 Å². The van der Waals surface area contributed by atoms with Crippen molar-refractivity contribution in [1.29, 1.82) is 0 Å². The van der Waals surface area contributed by atoms with Gasteiger partial charge >= 0.3 is 0 Å². The van der Waals surface area contributed by atoms with Gasteiger partial charge in [-0.1, -0.05) is 17.7 Å². The minimum absolute atomic E-state index is 0.490. The van der Waals surface area contributed by atoms with Gasteiger partial charge in [-0.3, -0.25) is 4.98 Å². The van der Waals surface area contributed by atoms with Crippen molar-refractivity contribution in [2.24, 2.45) is 0 Å². The monoisotopic (exact) mass is 256 g/mol. The second-order valence-electron chi connectivity index (χ2n) is 5.11. The number of nitrogens with two attached hydrogens (primary N) is 1. The van der Waals surface area contributed by atoms with E-state index in [-0.39, 0.29) is 0 Å². The number of aliphatic hydroxyl groups is 1. The highest BCUT2D eigenvalue weighted by Crippen LogP contribution is 2.27. The fraction of sp³-hybridized carbons (Fsp3) is 0.312. The van der Waals surface area contributed by atoms with Gasteiger partial charge in [0.05, 0.1) is 6.10 Å². The topological polar surface area (TPSA) is 59.1 Å². The van der Waals surface area contributed by atoms with Gasteiger partial charge in [0, 0.05) is 24.5 Å². The van der Waals surface area contributed by atoms with Gasteiger partial charge in [-0.25, -0.2) is 0 Å². The summed E-state index contributed by atoms with van der Waals surface area (Å²) in [6, 6.07) is 5.95. The number of hydrogen-bond donors (Lipinski definition) is 2. The van der Waals surface area contributed by atoms with Crippen LogP contribution in [0, 0.1) is 20.8 Å². The van der Waals surface area contributed by atoms with Gasteiger partial charge < -0.3 is 10.8 Å². The predicted molar refractivity (Wildman–Crippen MR) is 78.0 cm³/mol. The maximum atomic E-state index is 10.5. The summed E-state index contributed by atoms with van der Waals surface area (Å²) in [4.78, 5) is 4.06. The van der Waals surface area contributed by atoms with Crippen LogP contribution in [0.5, 0.6) is 0 Å². The van der Waals surface area contributed by atoms with E-state index in [4.69, 9.17) is 5.73 Å². The van der Waals surface area contributed by atoms with Gasteiger partial charge in [-0.2, -0.15) is 0 Å². The Labute approximate surface area is 114 Å². The molecule has 0 aliphatic carbocycles. The van der Waals surface area contributed by atoms with Gasteiger partial charge in [0.15, 0.2) is 0 Å². The third kappa shape index (κ3) is 2.93. The lowest BCUT2D eigenvalue weighted by Gasteiger charge is -2.18. The molecule has 0 bridgehead atoms. The predicted octanol–water partition coefficient (Wildman–Crippen LogP) is 2.87. The van der Waals surface area contributed by atoms with E-state index >= 15 is 0 Å². The number of benzene rings is 1. The molecule has 1 aromatic heterocycles. The quantitative estimate of drug-likeness (QED) is 0.887. The summed E-state index contributed by atoms with van der Waals surface area (Å²) >= 11 is 0. The Morgan fingerprint density at radius 3 is 2.42 bits per heavy atom. The van der Waals surface area contributed by atoms with Gasteiger partial charge in [0.2, 0.25) is 0 Å². The second-order valence-corrected chi connectivity index (χ2v) is 5.11. The van der Waals surface area contributed by atoms with Gasteiger partial charge in [0.1, 0.15) is 0 Å². The Bertz CT molecular complexity index is 570. The van der Waals surface area contributed by atoms with Crippen LogP contribution < -0.4 is 5.73 Å². The highest BCUT2D eigenvalue weighted by molar-refractivity contribution is 5.46. The fourth-order valence-corrected chi connectivity index (χ4v) is 2.64. The molecule has 1 unspecified atom stereocenters. The molecule has 0 saturated heterocycles. The van der Waals surface area contributed by atoms with E-state index in [2.05, 4.69) is 24.0 Å². The van der Waals surface area contributed by atoms with Crippen molar-refractivity contribution in [3.63, 3.8) is 0 Å². The summed E-state index contributed by atoms with van der Waals surface area (Å²) in [6.45, 7) is 6.13. The maximum absolute atomic E-state index is 10.5. The van der Waals surface area contributed by atoms with E-state index < -0.39 is 6.10 Å². The van der Waals surface area contributed by atoms with Crippen molar-refractivity contribution in [2.75, 3.05) is 5.73 Å². The average Bonchev–Trinajstić information content (AvgIpc) is 2.30. The number of aromatic nitrogens is 1. The lowest BCUT2D eigenvalue weighted by atomic mass is 9.92. The molecule has 2 aromatic rings. The van der Waals surface area contributed by atoms with Gasteiger partial charge in [0.25, 0.3) is 0 Å². The molecule has 19 heavy (non-hydrogen) atoms. The lowest BCUT2D eigenvalue weighted by Crippen LogP contribution is -2.08. The third-order valence-electron chi connectivity index (χ3n) is 3.43. The van der Waals surface area contributed by atoms with Gasteiger partial charge in [-0.05, 0) is 49.1 Å². The fourth-order valence-electron chi connectivity index (χ4n) is 2.64. The summed E-state index contributed by atoms with van der Waals surface area (Å²) in [7, 11) is 0. The standard InChI is InChI=1S/C16H20N2O/c1-10-6-11(2)16(12(3)7-10)15(19)8-13-9-18-5-4-14(13)17/h4-7,9,15,19H,8H2,1-3H3,(H2,17,18). The molecule has 0 aliphatic heterocycles. The van der Waals surface area contributed by atoms with Crippen LogP contribution in [0.25, 0.3) is 0 Å². The average molecular weight is 256 g/mol. The third-order valence-corrected chi connectivity index (χ3v) is 3.43. The molecule has 0 saturated carbocycles. The molecule has 0 spiro atoms. The SMILES string of the molecule is Cc1cc(C)c(C(O)Cc2cnccc2N)c(C)c1. The number of anilines is 1. The molecule has 1 atom stereocenters. The van der Waals surface area contributed by atoms with Crippen LogP contribution in [-0.4, -0.2) is 10.1 Å².